The largest absolute Gasteiger partial charge is 0.427 e. The Kier molecular flexibility index (Phi) is 5.41. The predicted molar refractivity (Wildman–Crippen MR) is 74.0 cm³/mol. The summed E-state index contributed by atoms with van der Waals surface area (Å²) in [4.78, 5) is 32.6. The molecule has 3 N–H and O–H groups in total. The summed E-state index contributed by atoms with van der Waals surface area (Å²) in [6, 6.07) is 3.60. The van der Waals surface area contributed by atoms with E-state index in [1.807, 2.05) is 0 Å². The molecule has 0 saturated carbocycles. The summed E-state index contributed by atoms with van der Waals surface area (Å²) >= 11 is 0. The number of carbonyl (C=O) groups is 3. The highest BCUT2D eigenvalue weighted by atomic mass is 16.5. The number of hydrazone groups is 1. The minimum absolute atomic E-state index is 0.185. The molecule has 0 heterocycles. The summed E-state index contributed by atoms with van der Waals surface area (Å²) in [7, 11) is 0. The number of carbonyl (C=O) groups excluding carboxylic acids is 3. The van der Waals surface area contributed by atoms with Gasteiger partial charge in [-0.2, -0.15) is 5.10 Å². The number of esters is 2. The first-order chi connectivity index (χ1) is 9.77. The molecule has 112 valence electrons. The molecule has 21 heavy (non-hydrogen) atoms. The normalized spacial score (nSPS) is 10.7. The Hall–Kier alpha value is -2.90. The van der Waals surface area contributed by atoms with E-state index in [0.29, 0.717) is 11.3 Å². The summed E-state index contributed by atoms with van der Waals surface area (Å²) in [6.07, 6.45) is 0. The lowest BCUT2D eigenvalue weighted by Gasteiger charge is -2.09. The van der Waals surface area contributed by atoms with Gasteiger partial charge in [-0.1, -0.05) is 0 Å². The van der Waals surface area contributed by atoms with E-state index < -0.39 is 18.0 Å². The smallest absolute Gasteiger partial charge is 0.332 e. The zero-order valence-electron chi connectivity index (χ0n) is 11.8. The maximum Gasteiger partial charge on any atom is 0.332 e. The fourth-order valence-corrected chi connectivity index (χ4v) is 1.43. The van der Waals surface area contributed by atoms with Gasteiger partial charge in [0.05, 0.1) is 5.71 Å². The number of urea groups is 1. The second-order valence-electron chi connectivity index (χ2n) is 4.05. The van der Waals surface area contributed by atoms with Crippen LogP contribution in [0.15, 0.2) is 23.3 Å². The molecule has 0 saturated heterocycles. The molecule has 0 unspecified atom stereocenters. The van der Waals surface area contributed by atoms with E-state index in [1.54, 1.807) is 6.92 Å². The van der Waals surface area contributed by atoms with Crippen molar-refractivity contribution in [1.82, 2.24) is 5.43 Å². The van der Waals surface area contributed by atoms with Gasteiger partial charge in [-0.05, 0) is 19.1 Å². The van der Waals surface area contributed by atoms with Gasteiger partial charge in [0, 0.05) is 25.5 Å². The van der Waals surface area contributed by atoms with Crippen LogP contribution in [0.25, 0.3) is 0 Å². The lowest BCUT2D eigenvalue weighted by atomic mass is 10.1. The fourth-order valence-electron chi connectivity index (χ4n) is 1.43. The molecule has 1 rings (SSSR count). The van der Waals surface area contributed by atoms with Crippen LogP contribution in [0.4, 0.5) is 4.79 Å². The second kappa shape index (κ2) is 7.04. The third-order valence-corrected chi connectivity index (χ3v) is 2.15. The van der Waals surface area contributed by atoms with E-state index in [4.69, 9.17) is 15.2 Å². The van der Waals surface area contributed by atoms with Crippen LogP contribution < -0.4 is 20.6 Å². The molecule has 0 aliphatic heterocycles. The lowest BCUT2D eigenvalue weighted by Crippen LogP contribution is -2.25. The highest BCUT2D eigenvalue weighted by molar-refractivity contribution is 6.00. The Balaban J connectivity index is 3.16. The number of hydrogen-bond donors (Lipinski definition) is 2. The Labute approximate surface area is 120 Å². The van der Waals surface area contributed by atoms with E-state index in [-0.39, 0.29) is 11.5 Å². The number of nitrogens with one attached hydrogen (secondary N) is 1. The minimum Gasteiger partial charge on any atom is -0.427 e. The fraction of sp³-hybridized carbons (Fsp3) is 0.231. The topological polar surface area (TPSA) is 120 Å². The van der Waals surface area contributed by atoms with Gasteiger partial charge in [0.2, 0.25) is 0 Å². The number of rotatable bonds is 4. The molecule has 2 amide bonds. The molecule has 0 aromatic heterocycles. The number of primary amides is 1. The zero-order valence-corrected chi connectivity index (χ0v) is 11.8. The summed E-state index contributed by atoms with van der Waals surface area (Å²) in [6.45, 7) is 4.09. The third-order valence-electron chi connectivity index (χ3n) is 2.15. The highest BCUT2D eigenvalue weighted by Gasteiger charge is 2.09. The van der Waals surface area contributed by atoms with Gasteiger partial charge in [0.15, 0.2) is 0 Å². The van der Waals surface area contributed by atoms with E-state index in [2.05, 4.69) is 10.5 Å². The SMILES string of the molecule is CC(=O)Oc1cc(OC(C)=O)cc(C(C)=NNC(N)=O)c1. The van der Waals surface area contributed by atoms with Crippen molar-refractivity contribution in [2.24, 2.45) is 10.8 Å². The van der Waals surface area contributed by atoms with Crippen LogP contribution in [0.3, 0.4) is 0 Å². The van der Waals surface area contributed by atoms with Gasteiger partial charge < -0.3 is 15.2 Å². The van der Waals surface area contributed by atoms with Gasteiger partial charge in [-0.25, -0.2) is 10.2 Å². The minimum atomic E-state index is -0.814. The Bertz CT molecular complexity index is 576. The maximum absolute atomic E-state index is 11.0. The van der Waals surface area contributed by atoms with Crippen molar-refractivity contribution in [1.29, 1.82) is 0 Å². The Morgan fingerprint density at radius 1 is 1.00 bits per heavy atom. The average molecular weight is 293 g/mol. The first kappa shape index (κ1) is 16.2. The first-order valence-electron chi connectivity index (χ1n) is 5.90. The van der Waals surface area contributed by atoms with Crippen molar-refractivity contribution < 1.29 is 23.9 Å². The molecule has 1 aromatic carbocycles. The average Bonchev–Trinajstić information content (AvgIpc) is 2.33. The van der Waals surface area contributed by atoms with Crippen LogP contribution in [0, 0.1) is 0 Å². The molecule has 0 aliphatic carbocycles. The molecule has 0 atom stereocenters. The van der Waals surface area contributed by atoms with Gasteiger partial charge in [-0.15, -0.1) is 0 Å². The van der Waals surface area contributed by atoms with Crippen molar-refractivity contribution in [3.05, 3.63) is 23.8 Å². The molecule has 0 fully saturated rings. The quantitative estimate of drug-likeness (QED) is 0.370. The maximum atomic E-state index is 11.0. The number of amides is 2. The van der Waals surface area contributed by atoms with Crippen LogP contribution in [-0.2, 0) is 9.59 Å². The zero-order chi connectivity index (χ0) is 16.0. The first-order valence-corrected chi connectivity index (χ1v) is 5.90. The lowest BCUT2D eigenvalue weighted by molar-refractivity contribution is -0.132. The molecule has 8 nitrogen and oxygen atoms in total. The van der Waals surface area contributed by atoms with Crippen LogP contribution in [0.5, 0.6) is 11.5 Å². The summed E-state index contributed by atoms with van der Waals surface area (Å²) in [5.41, 5.74) is 7.86. The van der Waals surface area contributed by atoms with Crippen LogP contribution >= 0.6 is 0 Å². The number of hydrogen-bond acceptors (Lipinski definition) is 6. The number of ether oxygens (including phenoxy) is 2. The third kappa shape index (κ3) is 5.72. The monoisotopic (exact) mass is 293 g/mol. The van der Waals surface area contributed by atoms with Crippen molar-refractivity contribution in [2.75, 3.05) is 0 Å². The van der Waals surface area contributed by atoms with E-state index >= 15 is 0 Å². The molecule has 1 aromatic rings. The number of nitrogens with two attached hydrogens (primary N) is 1. The van der Waals surface area contributed by atoms with Gasteiger partial charge in [-0.3, -0.25) is 9.59 Å². The summed E-state index contributed by atoms with van der Waals surface area (Å²) < 4.78 is 9.91. The number of benzene rings is 1. The number of nitrogens with zero attached hydrogens (tertiary/aromatic N) is 1. The van der Waals surface area contributed by atoms with Crippen LogP contribution in [-0.4, -0.2) is 23.7 Å². The summed E-state index contributed by atoms with van der Waals surface area (Å²) in [5, 5.41) is 3.75. The Morgan fingerprint density at radius 2 is 1.48 bits per heavy atom. The van der Waals surface area contributed by atoms with E-state index in [1.165, 1.54) is 32.0 Å². The van der Waals surface area contributed by atoms with Gasteiger partial charge in [0.25, 0.3) is 0 Å². The van der Waals surface area contributed by atoms with E-state index in [9.17, 15) is 14.4 Å². The molecule has 0 spiro atoms. The summed E-state index contributed by atoms with van der Waals surface area (Å²) in [5.74, 6) is -0.675. The molecule has 0 radical (unpaired) electrons. The van der Waals surface area contributed by atoms with Crippen molar-refractivity contribution in [2.45, 2.75) is 20.8 Å². The standard InChI is InChI=1S/C13H15N3O5/c1-7(15-16-13(14)19)10-4-11(20-8(2)17)6-12(5-10)21-9(3)18/h4-6H,1-3H3,(H3,14,16,19). The van der Waals surface area contributed by atoms with Crippen molar-refractivity contribution >= 4 is 23.7 Å². The van der Waals surface area contributed by atoms with Crippen molar-refractivity contribution in [3.8, 4) is 11.5 Å². The molecular weight excluding hydrogens is 278 g/mol. The molecule has 0 aliphatic rings. The molecule has 8 heteroatoms. The van der Waals surface area contributed by atoms with Crippen molar-refractivity contribution in [3.63, 3.8) is 0 Å². The second-order valence-corrected chi connectivity index (χ2v) is 4.05. The highest BCUT2D eigenvalue weighted by Crippen LogP contribution is 2.24. The molecule has 0 bridgehead atoms. The van der Waals surface area contributed by atoms with Crippen LogP contribution in [0.1, 0.15) is 26.3 Å². The van der Waals surface area contributed by atoms with Gasteiger partial charge in [0.1, 0.15) is 11.5 Å². The molecular formula is C13H15N3O5. The van der Waals surface area contributed by atoms with E-state index in [0.717, 1.165) is 0 Å². The Morgan fingerprint density at radius 3 is 1.86 bits per heavy atom. The predicted octanol–water partition coefficient (Wildman–Crippen LogP) is 0.930. The van der Waals surface area contributed by atoms with Gasteiger partial charge >= 0.3 is 18.0 Å². The van der Waals surface area contributed by atoms with Crippen LogP contribution in [0.2, 0.25) is 0 Å².